The van der Waals surface area contributed by atoms with Gasteiger partial charge in [0.15, 0.2) is 18.1 Å². The van der Waals surface area contributed by atoms with E-state index < -0.39 is 0 Å². The van der Waals surface area contributed by atoms with Gasteiger partial charge in [0.1, 0.15) is 0 Å². The normalized spacial score (nSPS) is 18.0. The molecule has 0 radical (unpaired) electrons. The number of methoxy groups -OCH3 is 1. The molecule has 0 spiro atoms. The number of ether oxygens (including phenoxy) is 2. The maximum absolute atomic E-state index is 11.8. The fraction of sp³-hybridized carbons (Fsp3) is 0.562. The lowest BCUT2D eigenvalue weighted by molar-refractivity contribution is -0.123. The molecule has 5 heteroatoms. The molecule has 2 rings (SSSR count). The molecule has 21 heavy (non-hydrogen) atoms. The zero-order chi connectivity index (χ0) is 14.9. The van der Waals surface area contributed by atoms with Crippen LogP contribution in [0.15, 0.2) is 24.3 Å². The average Bonchev–Trinajstić information content (AvgIpc) is 2.54. The molecule has 1 atom stereocenters. The lowest BCUT2D eigenvalue weighted by Gasteiger charge is -2.22. The third-order valence-electron chi connectivity index (χ3n) is 3.70. The van der Waals surface area contributed by atoms with Gasteiger partial charge < -0.3 is 20.1 Å². The minimum Gasteiger partial charge on any atom is -0.493 e. The van der Waals surface area contributed by atoms with Crippen molar-refractivity contribution in [3.8, 4) is 11.5 Å². The Bertz CT molecular complexity index is 445. The predicted molar refractivity (Wildman–Crippen MR) is 81.7 cm³/mol. The van der Waals surface area contributed by atoms with Gasteiger partial charge in [-0.2, -0.15) is 0 Å². The van der Waals surface area contributed by atoms with Crippen LogP contribution < -0.4 is 20.1 Å². The third-order valence-corrected chi connectivity index (χ3v) is 3.70. The standard InChI is InChI=1S/C16H24N2O3/c1-20-14-6-2-3-7-15(14)21-12-16(19)18-10-8-13-5-4-9-17-11-13/h2-3,6-7,13,17H,4-5,8-12H2,1H3,(H,18,19). The summed E-state index contributed by atoms with van der Waals surface area (Å²) < 4.78 is 10.7. The van der Waals surface area contributed by atoms with Gasteiger partial charge in [0.25, 0.3) is 5.91 Å². The number of nitrogens with one attached hydrogen (secondary N) is 2. The number of benzene rings is 1. The van der Waals surface area contributed by atoms with Crippen molar-refractivity contribution in [1.82, 2.24) is 10.6 Å². The second-order valence-corrected chi connectivity index (χ2v) is 5.29. The summed E-state index contributed by atoms with van der Waals surface area (Å²) in [5, 5.41) is 6.29. The highest BCUT2D eigenvalue weighted by atomic mass is 16.5. The van der Waals surface area contributed by atoms with E-state index in [0.717, 1.165) is 19.5 Å². The van der Waals surface area contributed by atoms with Crippen LogP contribution in [0.4, 0.5) is 0 Å². The van der Waals surface area contributed by atoms with Crippen molar-refractivity contribution in [1.29, 1.82) is 0 Å². The summed E-state index contributed by atoms with van der Waals surface area (Å²) in [6.45, 7) is 2.91. The van der Waals surface area contributed by atoms with E-state index >= 15 is 0 Å². The minimum absolute atomic E-state index is 0.0172. The lowest BCUT2D eigenvalue weighted by Crippen LogP contribution is -2.34. The van der Waals surface area contributed by atoms with Crippen LogP contribution in [0.3, 0.4) is 0 Å². The van der Waals surface area contributed by atoms with Crippen molar-refractivity contribution in [2.75, 3.05) is 33.4 Å². The van der Waals surface area contributed by atoms with Gasteiger partial charge in [-0.3, -0.25) is 4.79 Å². The molecular formula is C16H24N2O3. The van der Waals surface area contributed by atoms with Crippen molar-refractivity contribution >= 4 is 5.91 Å². The van der Waals surface area contributed by atoms with Gasteiger partial charge in [0.05, 0.1) is 7.11 Å². The molecule has 0 aliphatic carbocycles. The van der Waals surface area contributed by atoms with Crippen LogP contribution in [0.1, 0.15) is 19.3 Å². The number of amides is 1. The van der Waals surface area contributed by atoms with E-state index in [0.29, 0.717) is 24.0 Å². The number of carbonyl (C=O) groups excluding carboxylic acids is 1. The molecule has 1 heterocycles. The molecule has 1 fully saturated rings. The highest BCUT2D eigenvalue weighted by Gasteiger charge is 2.13. The molecule has 1 unspecified atom stereocenters. The van der Waals surface area contributed by atoms with Crippen LogP contribution in [-0.4, -0.2) is 39.3 Å². The van der Waals surface area contributed by atoms with E-state index in [9.17, 15) is 4.79 Å². The van der Waals surface area contributed by atoms with Crippen molar-refractivity contribution in [2.24, 2.45) is 5.92 Å². The molecule has 1 saturated heterocycles. The second-order valence-electron chi connectivity index (χ2n) is 5.29. The number of hydrogen-bond donors (Lipinski definition) is 2. The van der Waals surface area contributed by atoms with Gasteiger partial charge in [-0.25, -0.2) is 0 Å². The zero-order valence-corrected chi connectivity index (χ0v) is 12.6. The van der Waals surface area contributed by atoms with Crippen molar-refractivity contribution in [3.63, 3.8) is 0 Å². The van der Waals surface area contributed by atoms with Crippen LogP contribution in [-0.2, 0) is 4.79 Å². The Morgan fingerprint density at radius 3 is 2.90 bits per heavy atom. The molecule has 1 aromatic carbocycles. The van der Waals surface area contributed by atoms with Crippen LogP contribution in [0, 0.1) is 5.92 Å². The molecule has 5 nitrogen and oxygen atoms in total. The zero-order valence-electron chi connectivity index (χ0n) is 12.6. The number of rotatable bonds is 7. The van der Waals surface area contributed by atoms with Crippen LogP contribution in [0.25, 0.3) is 0 Å². The Morgan fingerprint density at radius 2 is 2.19 bits per heavy atom. The van der Waals surface area contributed by atoms with E-state index in [1.807, 2.05) is 18.2 Å². The first-order valence-electron chi connectivity index (χ1n) is 7.53. The van der Waals surface area contributed by atoms with Gasteiger partial charge in [-0.05, 0) is 50.4 Å². The summed E-state index contributed by atoms with van der Waals surface area (Å²) in [7, 11) is 1.58. The summed E-state index contributed by atoms with van der Waals surface area (Å²) in [5.41, 5.74) is 0. The Hall–Kier alpha value is -1.75. The van der Waals surface area contributed by atoms with E-state index in [1.165, 1.54) is 12.8 Å². The largest absolute Gasteiger partial charge is 0.493 e. The molecule has 1 aliphatic heterocycles. The van der Waals surface area contributed by atoms with Crippen LogP contribution >= 0.6 is 0 Å². The maximum Gasteiger partial charge on any atom is 0.257 e. The first kappa shape index (κ1) is 15.6. The lowest BCUT2D eigenvalue weighted by atomic mass is 9.96. The highest BCUT2D eigenvalue weighted by Crippen LogP contribution is 2.25. The number of piperidine rings is 1. The fourth-order valence-electron chi connectivity index (χ4n) is 2.52. The molecule has 1 aromatic rings. The Kier molecular flexibility index (Phi) is 6.34. The third kappa shape index (κ3) is 5.27. The molecule has 2 N–H and O–H groups in total. The minimum atomic E-state index is -0.0929. The van der Waals surface area contributed by atoms with E-state index in [2.05, 4.69) is 10.6 Å². The smallest absolute Gasteiger partial charge is 0.257 e. The highest BCUT2D eigenvalue weighted by molar-refractivity contribution is 5.77. The number of carbonyl (C=O) groups is 1. The summed E-state index contributed by atoms with van der Waals surface area (Å²) in [6.07, 6.45) is 3.50. The Morgan fingerprint density at radius 1 is 1.38 bits per heavy atom. The topological polar surface area (TPSA) is 59.6 Å². The molecule has 1 aliphatic rings. The number of hydrogen-bond acceptors (Lipinski definition) is 4. The SMILES string of the molecule is COc1ccccc1OCC(=O)NCCC1CCCNC1. The molecule has 0 aromatic heterocycles. The summed E-state index contributed by atoms with van der Waals surface area (Å²) in [4.78, 5) is 11.8. The monoisotopic (exact) mass is 292 g/mol. The van der Waals surface area contributed by atoms with Crippen molar-refractivity contribution in [2.45, 2.75) is 19.3 Å². The molecular weight excluding hydrogens is 268 g/mol. The predicted octanol–water partition coefficient (Wildman–Crippen LogP) is 1.58. The maximum atomic E-state index is 11.8. The van der Waals surface area contributed by atoms with E-state index in [-0.39, 0.29) is 12.5 Å². The molecule has 1 amide bonds. The summed E-state index contributed by atoms with van der Waals surface area (Å²) >= 11 is 0. The van der Waals surface area contributed by atoms with Crippen molar-refractivity contribution in [3.05, 3.63) is 24.3 Å². The Balaban J connectivity index is 1.65. The molecule has 116 valence electrons. The second kappa shape index (κ2) is 8.52. The van der Waals surface area contributed by atoms with Gasteiger partial charge in [-0.1, -0.05) is 12.1 Å². The van der Waals surface area contributed by atoms with Crippen LogP contribution in [0.5, 0.6) is 11.5 Å². The molecule has 0 bridgehead atoms. The van der Waals surface area contributed by atoms with Gasteiger partial charge in [0.2, 0.25) is 0 Å². The van der Waals surface area contributed by atoms with E-state index in [1.54, 1.807) is 13.2 Å². The van der Waals surface area contributed by atoms with Gasteiger partial charge in [-0.15, -0.1) is 0 Å². The quantitative estimate of drug-likeness (QED) is 0.801. The first-order chi connectivity index (χ1) is 10.3. The number of para-hydroxylation sites is 2. The average molecular weight is 292 g/mol. The van der Waals surface area contributed by atoms with Gasteiger partial charge >= 0.3 is 0 Å². The first-order valence-corrected chi connectivity index (χ1v) is 7.53. The Labute approximate surface area is 126 Å². The van der Waals surface area contributed by atoms with Crippen LogP contribution in [0.2, 0.25) is 0 Å². The summed E-state index contributed by atoms with van der Waals surface area (Å²) in [6, 6.07) is 7.32. The van der Waals surface area contributed by atoms with E-state index in [4.69, 9.17) is 9.47 Å². The molecule has 0 saturated carbocycles. The summed E-state index contributed by atoms with van der Waals surface area (Å²) in [5.74, 6) is 1.81. The van der Waals surface area contributed by atoms with Gasteiger partial charge in [0, 0.05) is 6.54 Å². The fourth-order valence-corrected chi connectivity index (χ4v) is 2.52. The van der Waals surface area contributed by atoms with Crippen molar-refractivity contribution < 1.29 is 14.3 Å².